The van der Waals surface area contributed by atoms with Gasteiger partial charge in [-0.1, -0.05) is 12.1 Å². The van der Waals surface area contributed by atoms with E-state index in [4.69, 9.17) is 14.9 Å². The number of ether oxygens (including phenoxy) is 1. The number of nitrogens with zero attached hydrogens (tertiary/aromatic N) is 1. The maximum absolute atomic E-state index is 10.5. The first-order valence-electron chi connectivity index (χ1n) is 4.30. The largest absolute Gasteiger partial charge is 0.484 e. The molecule has 0 bridgehead atoms. The van der Waals surface area contributed by atoms with Crippen LogP contribution in [0.25, 0.3) is 0 Å². The van der Waals surface area contributed by atoms with Gasteiger partial charge in [0, 0.05) is 6.07 Å². The van der Waals surface area contributed by atoms with Crippen LogP contribution in [0.2, 0.25) is 0 Å². The van der Waals surface area contributed by atoms with Gasteiger partial charge in [-0.05, 0) is 6.07 Å². The van der Waals surface area contributed by atoms with Gasteiger partial charge in [0.25, 0.3) is 0 Å². The van der Waals surface area contributed by atoms with E-state index in [1.165, 1.54) is 18.2 Å². The summed E-state index contributed by atoms with van der Waals surface area (Å²) in [5, 5.41) is 28.1. The van der Waals surface area contributed by atoms with Gasteiger partial charge in [0.15, 0.2) is 5.75 Å². The summed E-state index contributed by atoms with van der Waals surface area (Å²) in [5.74, 6) is 0.0787. The van der Waals surface area contributed by atoms with Crippen molar-refractivity contribution in [3.8, 4) is 5.75 Å². The van der Waals surface area contributed by atoms with Crippen molar-refractivity contribution in [2.24, 2.45) is 0 Å². The van der Waals surface area contributed by atoms with E-state index in [1.807, 2.05) is 0 Å². The zero-order chi connectivity index (χ0) is 11.3. The molecule has 0 aliphatic heterocycles. The monoisotopic (exact) mass is 213 g/mol. The molecule has 0 radical (unpaired) electrons. The highest BCUT2D eigenvalue weighted by Gasteiger charge is 2.14. The lowest BCUT2D eigenvalue weighted by Crippen LogP contribution is -2.21. The Morgan fingerprint density at radius 3 is 2.73 bits per heavy atom. The van der Waals surface area contributed by atoms with Crippen molar-refractivity contribution in [3.05, 3.63) is 34.4 Å². The third-order valence-corrected chi connectivity index (χ3v) is 1.70. The van der Waals surface area contributed by atoms with Gasteiger partial charge < -0.3 is 14.9 Å². The first-order chi connectivity index (χ1) is 7.15. The number of nitro groups is 1. The Morgan fingerprint density at radius 2 is 2.13 bits per heavy atom. The van der Waals surface area contributed by atoms with E-state index in [-0.39, 0.29) is 18.0 Å². The van der Waals surface area contributed by atoms with Gasteiger partial charge in [0.1, 0.15) is 12.7 Å². The number of aliphatic hydroxyl groups is 2. The summed E-state index contributed by atoms with van der Waals surface area (Å²) in [6.45, 7) is -0.623. The standard InChI is InChI=1S/C9H11NO5/c11-5-7(12)6-15-9-4-2-1-3-8(9)10(13)14/h1-4,7,11-12H,5-6H2/t7-/m1/s1. The van der Waals surface area contributed by atoms with Crippen molar-refractivity contribution in [3.63, 3.8) is 0 Å². The van der Waals surface area contributed by atoms with Crippen molar-refractivity contribution in [1.82, 2.24) is 0 Å². The zero-order valence-corrected chi connectivity index (χ0v) is 7.87. The molecular formula is C9H11NO5. The van der Waals surface area contributed by atoms with Crippen molar-refractivity contribution in [1.29, 1.82) is 0 Å². The third-order valence-electron chi connectivity index (χ3n) is 1.70. The SMILES string of the molecule is O=[N+]([O-])c1ccccc1OC[C@H](O)CO. The molecule has 0 amide bonds. The van der Waals surface area contributed by atoms with Crippen LogP contribution < -0.4 is 4.74 Å². The van der Waals surface area contributed by atoms with Gasteiger partial charge in [0.2, 0.25) is 0 Å². The molecule has 0 saturated heterocycles. The Morgan fingerprint density at radius 1 is 1.47 bits per heavy atom. The fourth-order valence-electron chi connectivity index (χ4n) is 0.969. The number of hydrogen-bond donors (Lipinski definition) is 2. The topological polar surface area (TPSA) is 92.8 Å². The lowest BCUT2D eigenvalue weighted by molar-refractivity contribution is -0.385. The minimum atomic E-state index is -1.04. The second kappa shape index (κ2) is 5.28. The molecule has 2 N–H and O–H groups in total. The maximum atomic E-state index is 10.5. The Kier molecular flexibility index (Phi) is 4.02. The fraction of sp³-hybridized carbons (Fsp3) is 0.333. The van der Waals surface area contributed by atoms with Crippen LogP contribution >= 0.6 is 0 Å². The number of hydrogen-bond acceptors (Lipinski definition) is 5. The predicted molar refractivity (Wildman–Crippen MR) is 51.7 cm³/mol. The molecule has 0 saturated carbocycles. The number of aliphatic hydroxyl groups excluding tert-OH is 2. The van der Waals surface area contributed by atoms with Gasteiger partial charge in [-0.25, -0.2) is 0 Å². The van der Waals surface area contributed by atoms with E-state index in [2.05, 4.69) is 0 Å². The maximum Gasteiger partial charge on any atom is 0.310 e. The highest BCUT2D eigenvalue weighted by molar-refractivity contribution is 5.45. The number of rotatable bonds is 5. The molecular weight excluding hydrogens is 202 g/mol. The second-order valence-corrected chi connectivity index (χ2v) is 2.87. The Hall–Kier alpha value is -1.66. The van der Waals surface area contributed by atoms with Crippen LogP contribution in [0, 0.1) is 10.1 Å². The molecule has 15 heavy (non-hydrogen) atoms. The number of para-hydroxylation sites is 2. The summed E-state index contributed by atoms with van der Waals surface area (Å²) in [7, 11) is 0. The van der Waals surface area contributed by atoms with E-state index in [0.29, 0.717) is 0 Å². The molecule has 0 fully saturated rings. The molecule has 1 aromatic rings. The molecule has 0 aliphatic rings. The van der Waals surface area contributed by atoms with Crippen LogP contribution in [-0.2, 0) is 0 Å². The lowest BCUT2D eigenvalue weighted by Gasteiger charge is -2.09. The van der Waals surface area contributed by atoms with Crippen LogP contribution in [0.4, 0.5) is 5.69 Å². The van der Waals surface area contributed by atoms with E-state index in [0.717, 1.165) is 0 Å². The lowest BCUT2D eigenvalue weighted by atomic mass is 10.3. The van der Waals surface area contributed by atoms with Crippen LogP contribution in [0.1, 0.15) is 0 Å². The third kappa shape index (κ3) is 3.19. The van der Waals surface area contributed by atoms with Gasteiger partial charge in [-0.15, -0.1) is 0 Å². The summed E-state index contributed by atoms with van der Waals surface area (Å²) in [6, 6.07) is 5.85. The first-order valence-corrected chi connectivity index (χ1v) is 4.30. The summed E-state index contributed by atoms with van der Waals surface area (Å²) in [6.07, 6.45) is -1.04. The molecule has 82 valence electrons. The highest BCUT2D eigenvalue weighted by Crippen LogP contribution is 2.25. The first kappa shape index (κ1) is 11.4. The van der Waals surface area contributed by atoms with Gasteiger partial charge in [-0.2, -0.15) is 0 Å². The highest BCUT2D eigenvalue weighted by atomic mass is 16.6. The molecule has 6 heteroatoms. The van der Waals surface area contributed by atoms with Gasteiger partial charge in [-0.3, -0.25) is 10.1 Å². The van der Waals surface area contributed by atoms with Crippen LogP contribution in [0.3, 0.4) is 0 Å². The smallest absolute Gasteiger partial charge is 0.310 e. The zero-order valence-electron chi connectivity index (χ0n) is 7.87. The van der Waals surface area contributed by atoms with E-state index in [9.17, 15) is 10.1 Å². The van der Waals surface area contributed by atoms with Crippen molar-refractivity contribution < 1.29 is 19.9 Å². The molecule has 0 unspecified atom stereocenters. The summed E-state index contributed by atoms with van der Waals surface area (Å²) in [4.78, 5) is 9.98. The van der Waals surface area contributed by atoms with E-state index in [1.54, 1.807) is 6.07 Å². The van der Waals surface area contributed by atoms with Crippen molar-refractivity contribution in [2.75, 3.05) is 13.2 Å². The van der Waals surface area contributed by atoms with Crippen LogP contribution in [0.5, 0.6) is 5.75 Å². The molecule has 1 atom stereocenters. The minimum absolute atomic E-state index is 0.0787. The molecule has 1 aromatic carbocycles. The molecule has 6 nitrogen and oxygen atoms in total. The van der Waals surface area contributed by atoms with Crippen molar-refractivity contribution >= 4 is 5.69 Å². The summed E-state index contributed by atoms with van der Waals surface area (Å²) in [5.41, 5.74) is -0.164. The molecule has 0 heterocycles. The average Bonchev–Trinajstić information content (AvgIpc) is 2.26. The normalized spacial score (nSPS) is 12.1. The van der Waals surface area contributed by atoms with Crippen LogP contribution in [-0.4, -0.2) is 34.5 Å². The van der Waals surface area contributed by atoms with E-state index < -0.39 is 17.6 Å². The minimum Gasteiger partial charge on any atom is -0.484 e. The number of nitro benzene ring substituents is 1. The van der Waals surface area contributed by atoms with Crippen LogP contribution in [0.15, 0.2) is 24.3 Å². The fourth-order valence-corrected chi connectivity index (χ4v) is 0.969. The summed E-state index contributed by atoms with van der Waals surface area (Å²) < 4.78 is 5.00. The summed E-state index contributed by atoms with van der Waals surface area (Å²) >= 11 is 0. The Bertz CT molecular complexity index is 341. The van der Waals surface area contributed by atoms with Crippen molar-refractivity contribution in [2.45, 2.75) is 6.10 Å². The average molecular weight is 213 g/mol. The molecule has 0 aromatic heterocycles. The number of benzene rings is 1. The van der Waals surface area contributed by atoms with Gasteiger partial charge >= 0.3 is 5.69 Å². The van der Waals surface area contributed by atoms with Gasteiger partial charge in [0.05, 0.1) is 11.5 Å². The second-order valence-electron chi connectivity index (χ2n) is 2.87. The molecule has 0 aliphatic carbocycles. The predicted octanol–water partition coefficient (Wildman–Crippen LogP) is 0.327. The molecule has 0 spiro atoms. The molecule has 1 rings (SSSR count). The van der Waals surface area contributed by atoms with E-state index >= 15 is 0 Å². The Balaban J connectivity index is 2.72. The Labute approximate surface area is 85.9 Å². The quantitative estimate of drug-likeness (QED) is 0.543.